The van der Waals surface area contributed by atoms with E-state index in [1.807, 2.05) is 17.8 Å². The molecular formula is C12H18FNS. The highest BCUT2D eigenvalue weighted by molar-refractivity contribution is 7.98. The van der Waals surface area contributed by atoms with Crippen LogP contribution >= 0.6 is 11.8 Å². The number of thioether (sulfide) groups is 1. The number of rotatable bonds is 5. The Hall–Kier alpha value is -0.540. The van der Waals surface area contributed by atoms with E-state index in [1.165, 1.54) is 12.1 Å². The van der Waals surface area contributed by atoms with Crippen LogP contribution < -0.4 is 5.73 Å². The third-order valence-electron chi connectivity index (χ3n) is 2.10. The highest BCUT2D eigenvalue weighted by atomic mass is 32.2. The Balaban J connectivity index is 2.60. The van der Waals surface area contributed by atoms with E-state index in [4.69, 9.17) is 5.73 Å². The summed E-state index contributed by atoms with van der Waals surface area (Å²) >= 11 is 1.87. The lowest BCUT2D eigenvalue weighted by Crippen LogP contribution is -2.02. The van der Waals surface area contributed by atoms with Crippen molar-refractivity contribution < 1.29 is 4.39 Å². The van der Waals surface area contributed by atoms with Gasteiger partial charge in [0.05, 0.1) is 0 Å². The molecule has 2 N–H and O–H groups in total. The van der Waals surface area contributed by atoms with E-state index in [0.717, 1.165) is 22.6 Å². The van der Waals surface area contributed by atoms with E-state index < -0.39 is 0 Å². The van der Waals surface area contributed by atoms with Crippen LogP contribution in [0.3, 0.4) is 0 Å². The van der Waals surface area contributed by atoms with Crippen molar-refractivity contribution in [3.8, 4) is 0 Å². The van der Waals surface area contributed by atoms with Crippen molar-refractivity contribution in [2.24, 2.45) is 11.7 Å². The molecular weight excluding hydrogens is 209 g/mol. The van der Waals surface area contributed by atoms with E-state index in [1.54, 1.807) is 0 Å². The highest BCUT2D eigenvalue weighted by Gasteiger charge is 2.03. The molecule has 0 heterocycles. The third kappa shape index (κ3) is 4.22. The number of nitrogens with two attached hydrogens (primary N) is 1. The molecule has 1 rings (SSSR count). The van der Waals surface area contributed by atoms with Crippen LogP contribution in [0.5, 0.6) is 0 Å². The summed E-state index contributed by atoms with van der Waals surface area (Å²) in [4.78, 5) is 0. The Morgan fingerprint density at radius 2 is 2.07 bits per heavy atom. The Morgan fingerprint density at radius 3 is 2.67 bits per heavy atom. The molecule has 0 fully saturated rings. The summed E-state index contributed by atoms with van der Waals surface area (Å²) in [7, 11) is 0. The Labute approximate surface area is 95.2 Å². The zero-order valence-electron chi connectivity index (χ0n) is 9.29. The number of hydrogen-bond acceptors (Lipinski definition) is 2. The molecule has 0 saturated heterocycles. The van der Waals surface area contributed by atoms with Crippen molar-refractivity contribution in [1.29, 1.82) is 0 Å². The summed E-state index contributed by atoms with van der Waals surface area (Å²) in [6, 6.07) is 4.88. The average Bonchev–Trinajstić information content (AvgIpc) is 2.19. The molecule has 0 aromatic heterocycles. The SMILES string of the molecule is CC(C)CSCc1ccc(F)cc1CN. The molecule has 0 atom stereocenters. The van der Waals surface area contributed by atoms with Gasteiger partial charge in [-0.3, -0.25) is 0 Å². The van der Waals surface area contributed by atoms with Gasteiger partial charge in [-0.2, -0.15) is 11.8 Å². The Kier molecular flexibility index (Phi) is 5.12. The van der Waals surface area contributed by atoms with Gasteiger partial charge in [-0.05, 0) is 34.9 Å². The summed E-state index contributed by atoms with van der Waals surface area (Å²) in [5.74, 6) is 2.54. The first-order chi connectivity index (χ1) is 7.13. The predicted molar refractivity (Wildman–Crippen MR) is 65.3 cm³/mol. The average molecular weight is 227 g/mol. The number of benzene rings is 1. The fourth-order valence-electron chi connectivity index (χ4n) is 1.33. The highest BCUT2D eigenvalue weighted by Crippen LogP contribution is 2.19. The van der Waals surface area contributed by atoms with Gasteiger partial charge in [0, 0.05) is 12.3 Å². The van der Waals surface area contributed by atoms with Crippen molar-refractivity contribution in [3.63, 3.8) is 0 Å². The molecule has 0 saturated carbocycles. The summed E-state index contributed by atoms with van der Waals surface area (Å²) in [5.41, 5.74) is 7.65. The van der Waals surface area contributed by atoms with Crippen LogP contribution in [0.15, 0.2) is 18.2 Å². The van der Waals surface area contributed by atoms with Gasteiger partial charge in [-0.1, -0.05) is 19.9 Å². The fraction of sp³-hybridized carbons (Fsp3) is 0.500. The molecule has 3 heteroatoms. The van der Waals surface area contributed by atoms with Crippen molar-refractivity contribution in [2.45, 2.75) is 26.1 Å². The molecule has 0 unspecified atom stereocenters. The van der Waals surface area contributed by atoms with Gasteiger partial charge in [0.1, 0.15) is 5.82 Å². The van der Waals surface area contributed by atoms with Gasteiger partial charge in [0.25, 0.3) is 0 Å². The molecule has 84 valence electrons. The Bertz CT molecular complexity index is 312. The van der Waals surface area contributed by atoms with Crippen LogP contribution in [0, 0.1) is 11.7 Å². The molecule has 0 spiro atoms. The summed E-state index contributed by atoms with van der Waals surface area (Å²) in [6.45, 7) is 4.80. The predicted octanol–water partition coefficient (Wildman–Crippen LogP) is 3.17. The van der Waals surface area contributed by atoms with E-state index in [2.05, 4.69) is 13.8 Å². The molecule has 1 aromatic rings. The Morgan fingerprint density at radius 1 is 1.33 bits per heavy atom. The second-order valence-electron chi connectivity index (χ2n) is 4.03. The zero-order valence-corrected chi connectivity index (χ0v) is 10.1. The van der Waals surface area contributed by atoms with Gasteiger partial charge in [0.2, 0.25) is 0 Å². The maximum absolute atomic E-state index is 12.9. The van der Waals surface area contributed by atoms with E-state index in [0.29, 0.717) is 12.5 Å². The molecule has 15 heavy (non-hydrogen) atoms. The largest absolute Gasteiger partial charge is 0.326 e. The summed E-state index contributed by atoms with van der Waals surface area (Å²) in [6.07, 6.45) is 0. The van der Waals surface area contributed by atoms with Crippen molar-refractivity contribution in [1.82, 2.24) is 0 Å². The molecule has 0 radical (unpaired) electrons. The first-order valence-electron chi connectivity index (χ1n) is 5.18. The van der Waals surface area contributed by atoms with Gasteiger partial charge in [-0.15, -0.1) is 0 Å². The van der Waals surface area contributed by atoms with Crippen LogP contribution in [0.2, 0.25) is 0 Å². The van der Waals surface area contributed by atoms with Crippen LogP contribution in [-0.4, -0.2) is 5.75 Å². The summed E-state index contributed by atoms with van der Waals surface area (Å²) in [5, 5.41) is 0. The lowest BCUT2D eigenvalue weighted by Gasteiger charge is -2.08. The lowest BCUT2D eigenvalue weighted by atomic mass is 10.1. The number of hydrogen-bond donors (Lipinski definition) is 1. The van der Waals surface area contributed by atoms with E-state index in [9.17, 15) is 4.39 Å². The minimum absolute atomic E-state index is 0.201. The third-order valence-corrected chi connectivity index (χ3v) is 3.51. The van der Waals surface area contributed by atoms with E-state index >= 15 is 0 Å². The number of halogens is 1. The van der Waals surface area contributed by atoms with Crippen LogP contribution in [0.25, 0.3) is 0 Å². The van der Waals surface area contributed by atoms with Gasteiger partial charge < -0.3 is 5.73 Å². The van der Waals surface area contributed by atoms with E-state index in [-0.39, 0.29) is 5.82 Å². The topological polar surface area (TPSA) is 26.0 Å². The maximum atomic E-state index is 12.9. The molecule has 0 aliphatic heterocycles. The first-order valence-corrected chi connectivity index (χ1v) is 6.34. The van der Waals surface area contributed by atoms with Crippen LogP contribution in [-0.2, 0) is 12.3 Å². The normalized spacial score (nSPS) is 11.0. The fourth-order valence-corrected chi connectivity index (χ4v) is 2.42. The first kappa shape index (κ1) is 12.5. The second kappa shape index (κ2) is 6.13. The van der Waals surface area contributed by atoms with Crippen molar-refractivity contribution in [2.75, 3.05) is 5.75 Å². The standard InChI is InChI=1S/C12H18FNS/c1-9(2)7-15-8-10-3-4-12(13)5-11(10)6-14/h3-5,9H,6-8,14H2,1-2H3. The minimum Gasteiger partial charge on any atom is -0.326 e. The lowest BCUT2D eigenvalue weighted by molar-refractivity contribution is 0.624. The van der Waals surface area contributed by atoms with Crippen molar-refractivity contribution >= 4 is 11.8 Å². The second-order valence-corrected chi connectivity index (χ2v) is 5.06. The molecule has 0 amide bonds. The molecule has 0 aliphatic carbocycles. The molecule has 0 aliphatic rings. The maximum Gasteiger partial charge on any atom is 0.123 e. The van der Waals surface area contributed by atoms with Gasteiger partial charge in [-0.25, -0.2) is 4.39 Å². The minimum atomic E-state index is -0.201. The van der Waals surface area contributed by atoms with Crippen molar-refractivity contribution in [3.05, 3.63) is 35.1 Å². The zero-order chi connectivity index (χ0) is 11.3. The van der Waals surface area contributed by atoms with Crippen LogP contribution in [0.4, 0.5) is 4.39 Å². The van der Waals surface area contributed by atoms with Crippen LogP contribution in [0.1, 0.15) is 25.0 Å². The smallest absolute Gasteiger partial charge is 0.123 e. The molecule has 1 nitrogen and oxygen atoms in total. The summed E-state index contributed by atoms with van der Waals surface area (Å²) < 4.78 is 12.9. The molecule has 1 aromatic carbocycles. The van der Waals surface area contributed by atoms with Gasteiger partial charge >= 0.3 is 0 Å². The van der Waals surface area contributed by atoms with Gasteiger partial charge in [0.15, 0.2) is 0 Å². The quantitative estimate of drug-likeness (QED) is 0.836. The molecule has 0 bridgehead atoms. The monoisotopic (exact) mass is 227 g/mol.